The lowest BCUT2D eigenvalue weighted by Crippen LogP contribution is -2.18. The minimum absolute atomic E-state index is 0.366. The second-order valence-corrected chi connectivity index (χ2v) is 6.55. The molecule has 1 aliphatic rings. The zero-order valence-corrected chi connectivity index (χ0v) is 13.8. The van der Waals surface area contributed by atoms with Gasteiger partial charge in [-0.1, -0.05) is 6.07 Å². The third-order valence-electron chi connectivity index (χ3n) is 4.13. The van der Waals surface area contributed by atoms with Gasteiger partial charge < -0.3 is 5.32 Å². The molecule has 1 atom stereocenters. The summed E-state index contributed by atoms with van der Waals surface area (Å²) in [5.41, 5.74) is 6.50. The minimum atomic E-state index is 0.366. The van der Waals surface area contributed by atoms with Gasteiger partial charge >= 0.3 is 0 Å². The number of anilines is 1. The summed E-state index contributed by atoms with van der Waals surface area (Å²) in [6.07, 6.45) is 5.53. The number of rotatable bonds is 2. The van der Waals surface area contributed by atoms with E-state index in [9.17, 15) is 0 Å². The lowest BCUT2D eigenvalue weighted by atomic mass is 9.92. The van der Waals surface area contributed by atoms with E-state index in [1.165, 1.54) is 40.9 Å². The molecule has 0 fully saturated rings. The number of aromatic nitrogens is 2. The summed E-state index contributed by atoms with van der Waals surface area (Å²) in [7, 11) is 2.04. The second-order valence-electron chi connectivity index (χ2n) is 5.70. The van der Waals surface area contributed by atoms with Crippen molar-refractivity contribution >= 4 is 21.6 Å². The summed E-state index contributed by atoms with van der Waals surface area (Å²) in [6.45, 7) is 4.29. The van der Waals surface area contributed by atoms with Crippen LogP contribution in [-0.4, -0.2) is 9.78 Å². The number of hydrogen-bond donors (Lipinski definition) is 1. The van der Waals surface area contributed by atoms with Gasteiger partial charge in [0.15, 0.2) is 0 Å². The van der Waals surface area contributed by atoms with Crippen LogP contribution < -0.4 is 5.32 Å². The van der Waals surface area contributed by atoms with Crippen molar-refractivity contribution in [2.75, 3.05) is 5.32 Å². The Morgan fingerprint density at radius 2 is 2.15 bits per heavy atom. The van der Waals surface area contributed by atoms with Crippen molar-refractivity contribution in [2.45, 2.75) is 39.2 Å². The normalized spacial score (nSPS) is 17.9. The van der Waals surface area contributed by atoms with Gasteiger partial charge in [-0.05, 0) is 66.2 Å². The molecule has 0 spiro atoms. The van der Waals surface area contributed by atoms with Gasteiger partial charge in [0.2, 0.25) is 0 Å². The van der Waals surface area contributed by atoms with E-state index in [0.717, 1.165) is 10.9 Å². The maximum atomic E-state index is 4.41. The second kappa shape index (κ2) is 5.24. The van der Waals surface area contributed by atoms with E-state index >= 15 is 0 Å². The fraction of sp³-hybridized carbons (Fsp3) is 0.438. The summed E-state index contributed by atoms with van der Waals surface area (Å²) in [5, 5.41) is 8.13. The summed E-state index contributed by atoms with van der Waals surface area (Å²) in [6, 6.07) is 4.76. The number of nitrogens with one attached hydrogen (secondary N) is 1. The van der Waals surface area contributed by atoms with E-state index < -0.39 is 0 Å². The van der Waals surface area contributed by atoms with E-state index in [2.05, 4.69) is 52.3 Å². The molecule has 0 bridgehead atoms. The minimum Gasteiger partial charge on any atom is -0.377 e. The van der Waals surface area contributed by atoms with Gasteiger partial charge in [0, 0.05) is 22.8 Å². The molecule has 1 aromatic heterocycles. The topological polar surface area (TPSA) is 29.9 Å². The molecule has 1 unspecified atom stereocenters. The van der Waals surface area contributed by atoms with Crippen LogP contribution in [-0.2, 0) is 13.5 Å². The van der Waals surface area contributed by atoms with Crippen molar-refractivity contribution in [1.29, 1.82) is 0 Å². The Hall–Kier alpha value is -1.29. The fourth-order valence-electron chi connectivity index (χ4n) is 3.13. The van der Waals surface area contributed by atoms with Gasteiger partial charge in [-0.25, -0.2) is 0 Å². The molecule has 4 heteroatoms. The number of benzene rings is 1. The smallest absolute Gasteiger partial charge is 0.0548 e. The molecule has 2 aromatic rings. The molecule has 1 aliphatic carbocycles. The molecule has 3 nitrogen and oxygen atoms in total. The summed E-state index contributed by atoms with van der Waals surface area (Å²) in [5.74, 6) is 0. The lowest BCUT2D eigenvalue weighted by Gasteiger charge is -2.26. The molecule has 3 rings (SSSR count). The van der Waals surface area contributed by atoms with Gasteiger partial charge in [0.1, 0.15) is 0 Å². The molecule has 0 aliphatic heterocycles. The Bertz CT molecular complexity index is 622. The van der Waals surface area contributed by atoms with Crippen LogP contribution in [0.15, 0.2) is 22.8 Å². The highest BCUT2D eigenvalue weighted by atomic mass is 79.9. The maximum absolute atomic E-state index is 4.41. The molecule has 0 saturated heterocycles. The summed E-state index contributed by atoms with van der Waals surface area (Å²) < 4.78 is 3.16. The average molecular weight is 334 g/mol. The van der Waals surface area contributed by atoms with Gasteiger partial charge in [-0.3, -0.25) is 4.68 Å². The highest BCUT2D eigenvalue weighted by Gasteiger charge is 2.24. The first-order valence-electron chi connectivity index (χ1n) is 7.10. The van der Waals surface area contributed by atoms with Crippen LogP contribution in [0.5, 0.6) is 0 Å². The molecule has 1 N–H and O–H groups in total. The van der Waals surface area contributed by atoms with Crippen molar-refractivity contribution in [3.8, 4) is 0 Å². The third kappa shape index (κ3) is 2.37. The highest BCUT2D eigenvalue weighted by Crippen LogP contribution is 2.36. The number of nitrogens with zero attached hydrogens (tertiary/aromatic N) is 2. The molecule has 0 amide bonds. The number of hydrogen-bond acceptors (Lipinski definition) is 2. The van der Waals surface area contributed by atoms with Crippen LogP contribution in [0.1, 0.15) is 41.3 Å². The van der Waals surface area contributed by atoms with Gasteiger partial charge in [0.25, 0.3) is 0 Å². The van der Waals surface area contributed by atoms with Crippen molar-refractivity contribution < 1.29 is 0 Å². The molecule has 106 valence electrons. The van der Waals surface area contributed by atoms with Crippen LogP contribution in [0.3, 0.4) is 0 Å². The average Bonchev–Trinajstić information content (AvgIpc) is 2.77. The molecule has 0 saturated carbocycles. The third-order valence-corrected chi connectivity index (χ3v) is 4.75. The van der Waals surface area contributed by atoms with Crippen LogP contribution >= 0.6 is 15.9 Å². The first kappa shape index (κ1) is 13.7. The summed E-state index contributed by atoms with van der Waals surface area (Å²) >= 11 is 3.69. The Morgan fingerprint density at radius 1 is 1.35 bits per heavy atom. The molecular weight excluding hydrogens is 314 g/mol. The van der Waals surface area contributed by atoms with E-state index in [0.29, 0.717) is 6.04 Å². The van der Waals surface area contributed by atoms with E-state index in [1.54, 1.807) is 0 Å². The van der Waals surface area contributed by atoms with Crippen molar-refractivity contribution in [3.05, 3.63) is 45.2 Å². The van der Waals surface area contributed by atoms with E-state index in [4.69, 9.17) is 0 Å². The fourth-order valence-corrected chi connectivity index (χ4v) is 3.92. The SMILES string of the molecule is Cc1cc(C)c(NC2CCCc3c2cnn3C)c(Br)c1. The molecular formula is C16H20BrN3. The highest BCUT2D eigenvalue weighted by molar-refractivity contribution is 9.10. The predicted molar refractivity (Wildman–Crippen MR) is 86.1 cm³/mol. The zero-order chi connectivity index (χ0) is 14.3. The van der Waals surface area contributed by atoms with E-state index in [-0.39, 0.29) is 0 Å². The maximum Gasteiger partial charge on any atom is 0.0548 e. The molecule has 20 heavy (non-hydrogen) atoms. The summed E-state index contributed by atoms with van der Waals surface area (Å²) in [4.78, 5) is 0. The van der Waals surface area contributed by atoms with Crippen molar-refractivity contribution in [1.82, 2.24) is 9.78 Å². The van der Waals surface area contributed by atoms with Gasteiger partial charge in [0.05, 0.1) is 17.9 Å². The van der Waals surface area contributed by atoms with Gasteiger partial charge in [-0.2, -0.15) is 5.10 Å². The Kier molecular flexibility index (Phi) is 3.59. The van der Waals surface area contributed by atoms with Crippen molar-refractivity contribution in [2.24, 2.45) is 7.05 Å². The quantitative estimate of drug-likeness (QED) is 0.888. The Morgan fingerprint density at radius 3 is 2.90 bits per heavy atom. The Balaban J connectivity index is 1.93. The van der Waals surface area contributed by atoms with Crippen molar-refractivity contribution in [3.63, 3.8) is 0 Å². The zero-order valence-electron chi connectivity index (χ0n) is 12.2. The first-order valence-corrected chi connectivity index (χ1v) is 7.89. The molecule has 1 aromatic carbocycles. The Labute approximate surface area is 128 Å². The van der Waals surface area contributed by atoms with Gasteiger partial charge in [-0.15, -0.1) is 0 Å². The number of halogens is 1. The number of fused-ring (bicyclic) bond motifs is 1. The van der Waals surface area contributed by atoms with Crippen LogP contribution in [0.2, 0.25) is 0 Å². The molecule has 0 radical (unpaired) electrons. The lowest BCUT2D eigenvalue weighted by molar-refractivity contribution is 0.571. The number of aryl methyl sites for hydroxylation is 3. The molecule has 1 heterocycles. The largest absolute Gasteiger partial charge is 0.377 e. The predicted octanol–water partition coefficient (Wildman–Crippen LogP) is 4.29. The van der Waals surface area contributed by atoms with Crippen LogP contribution in [0.25, 0.3) is 0 Å². The van der Waals surface area contributed by atoms with Crippen LogP contribution in [0, 0.1) is 13.8 Å². The first-order chi connectivity index (χ1) is 9.56. The van der Waals surface area contributed by atoms with E-state index in [1.807, 2.05) is 17.9 Å². The monoisotopic (exact) mass is 333 g/mol. The van der Waals surface area contributed by atoms with Crippen LogP contribution in [0.4, 0.5) is 5.69 Å². The standard InChI is InChI=1S/C16H20BrN3/c1-10-7-11(2)16(13(17)8-10)19-14-5-4-6-15-12(14)9-18-20(15)3/h7-9,14,19H,4-6H2,1-3H3.